The van der Waals surface area contributed by atoms with Crippen molar-refractivity contribution in [2.24, 2.45) is 0 Å². The van der Waals surface area contributed by atoms with Crippen LogP contribution in [0, 0.1) is 0 Å². The fourth-order valence-corrected chi connectivity index (χ4v) is 3.09. The molecule has 0 aliphatic carbocycles. The minimum atomic E-state index is -0.674. The van der Waals surface area contributed by atoms with Crippen LogP contribution in [-0.2, 0) is 28.4 Å². The molecule has 0 N–H and O–H groups in total. The quantitative estimate of drug-likeness (QED) is 0.722. The zero-order valence-electron chi connectivity index (χ0n) is 13.3. The molecule has 0 amide bonds. The maximum absolute atomic E-state index is 6.01. The van der Waals surface area contributed by atoms with Crippen molar-refractivity contribution in [3.63, 3.8) is 0 Å². The van der Waals surface area contributed by atoms with E-state index in [1.807, 2.05) is 27.7 Å². The first kappa shape index (κ1) is 15.4. The van der Waals surface area contributed by atoms with Gasteiger partial charge in [-0.15, -0.1) is 0 Å². The standard InChI is InChI=1S/C15H24O6/c1-8-7-17-14(2,3)19-9(8)11-10(16-6)12-13(18-11)21-15(4,5)20-12/h9-13H,1,7H2,2-6H3/t9?,10-,11+,12?,13+/m0/s1. The summed E-state index contributed by atoms with van der Waals surface area (Å²) in [6.07, 6.45) is -1.61. The second kappa shape index (κ2) is 5.01. The van der Waals surface area contributed by atoms with E-state index in [-0.39, 0.29) is 24.4 Å². The van der Waals surface area contributed by atoms with Crippen molar-refractivity contribution in [3.05, 3.63) is 12.2 Å². The smallest absolute Gasteiger partial charge is 0.190 e. The van der Waals surface area contributed by atoms with Crippen molar-refractivity contribution in [2.45, 2.75) is 70.0 Å². The lowest BCUT2D eigenvalue weighted by Crippen LogP contribution is -2.51. The Hall–Kier alpha value is -0.500. The van der Waals surface area contributed by atoms with Gasteiger partial charge in [-0.3, -0.25) is 0 Å². The van der Waals surface area contributed by atoms with E-state index in [4.69, 9.17) is 28.4 Å². The van der Waals surface area contributed by atoms with Gasteiger partial charge in [0.2, 0.25) is 0 Å². The van der Waals surface area contributed by atoms with Crippen LogP contribution in [0.3, 0.4) is 0 Å². The number of hydrogen-bond acceptors (Lipinski definition) is 6. The highest BCUT2D eigenvalue weighted by molar-refractivity contribution is 5.13. The van der Waals surface area contributed by atoms with E-state index in [1.54, 1.807) is 7.11 Å². The molecule has 5 atom stereocenters. The molecule has 6 heteroatoms. The summed E-state index contributed by atoms with van der Waals surface area (Å²) in [4.78, 5) is 0. The highest BCUT2D eigenvalue weighted by atomic mass is 16.8. The average molecular weight is 300 g/mol. The Morgan fingerprint density at radius 1 is 1.05 bits per heavy atom. The molecule has 0 bridgehead atoms. The fourth-order valence-electron chi connectivity index (χ4n) is 3.09. The summed E-state index contributed by atoms with van der Waals surface area (Å²) in [5.41, 5.74) is 0.834. The maximum Gasteiger partial charge on any atom is 0.190 e. The van der Waals surface area contributed by atoms with Crippen LogP contribution in [-0.4, -0.2) is 56.0 Å². The lowest BCUT2D eigenvalue weighted by Gasteiger charge is -2.41. The third-order valence-electron chi connectivity index (χ3n) is 4.02. The summed E-state index contributed by atoms with van der Waals surface area (Å²) in [5.74, 6) is -1.34. The van der Waals surface area contributed by atoms with Crippen molar-refractivity contribution in [1.29, 1.82) is 0 Å². The summed E-state index contributed by atoms with van der Waals surface area (Å²) in [7, 11) is 1.64. The lowest BCUT2D eigenvalue weighted by atomic mass is 9.99. The molecule has 0 radical (unpaired) electrons. The number of rotatable bonds is 2. The van der Waals surface area contributed by atoms with Crippen molar-refractivity contribution in [1.82, 2.24) is 0 Å². The third kappa shape index (κ3) is 2.76. The highest BCUT2D eigenvalue weighted by Gasteiger charge is 2.58. The summed E-state index contributed by atoms with van der Waals surface area (Å²) >= 11 is 0. The van der Waals surface area contributed by atoms with Crippen LogP contribution in [0.2, 0.25) is 0 Å². The topological polar surface area (TPSA) is 55.4 Å². The predicted octanol–water partition coefficient (Wildman–Crippen LogP) is 1.59. The van der Waals surface area contributed by atoms with E-state index >= 15 is 0 Å². The van der Waals surface area contributed by atoms with Crippen molar-refractivity contribution in [3.8, 4) is 0 Å². The third-order valence-corrected chi connectivity index (χ3v) is 4.02. The van der Waals surface area contributed by atoms with Crippen LogP contribution >= 0.6 is 0 Å². The van der Waals surface area contributed by atoms with Crippen molar-refractivity contribution >= 4 is 0 Å². The van der Waals surface area contributed by atoms with E-state index < -0.39 is 17.9 Å². The molecule has 3 heterocycles. The average Bonchev–Trinajstić information content (AvgIpc) is 2.83. The van der Waals surface area contributed by atoms with Gasteiger partial charge in [-0.25, -0.2) is 0 Å². The van der Waals surface area contributed by atoms with Gasteiger partial charge in [0.1, 0.15) is 24.4 Å². The highest BCUT2D eigenvalue weighted by Crippen LogP contribution is 2.42. The van der Waals surface area contributed by atoms with Gasteiger partial charge in [0, 0.05) is 7.11 Å². The molecule has 3 saturated heterocycles. The molecule has 120 valence electrons. The SMILES string of the molecule is C=C1COC(C)(C)OC1[C@H]1O[C@@H]2OC(C)(C)OC2[C@H]1OC. The normalized spacial score (nSPS) is 44.8. The summed E-state index contributed by atoms with van der Waals surface area (Å²) in [5, 5.41) is 0. The number of methoxy groups -OCH3 is 1. The van der Waals surface area contributed by atoms with E-state index in [0.717, 1.165) is 5.57 Å². The lowest BCUT2D eigenvalue weighted by molar-refractivity contribution is -0.288. The Bertz CT molecular complexity index is 432. The summed E-state index contributed by atoms with van der Waals surface area (Å²) < 4.78 is 34.9. The van der Waals surface area contributed by atoms with Crippen LogP contribution in [0.25, 0.3) is 0 Å². The zero-order valence-corrected chi connectivity index (χ0v) is 13.3. The van der Waals surface area contributed by atoms with Crippen LogP contribution in [0.4, 0.5) is 0 Å². The van der Waals surface area contributed by atoms with Gasteiger partial charge in [0.05, 0.1) is 6.61 Å². The number of ether oxygens (including phenoxy) is 6. The monoisotopic (exact) mass is 300 g/mol. The van der Waals surface area contributed by atoms with Crippen LogP contribution < -0.4 is 0 Å². The Morgan fingerprint density at radius 3 is 2.43 bits per heavy atom. The Balaban J connectivity index is 1.79. The number of hydrogen-bond donors (Lipinski definition) is 0. The number of fused-ring (bicyclic) bond motifs is 1. The van der Waals surface area contributed by atoms with Crippen molar-refractivity contribution in [2.75, 3.05) is 13.7 Å². The zero-order chi connectivity index (χ0) is 15.4. The summed E-state index contributed by atoms with van der Waals surface area (Å²) in [6, 6.07) is 0. The van der Waals surface area contributed by atoms with Crippen molar-refractivity contribution < 1.29 is 28.4 Å². The molecule has 0 aromatic rings. The first-order valence-electron chi connectivity index (χ1n) is 7.26. The minimum absolute atomic E-state index is 0.266. The molecule has 0 spiro atoms. The van der Waals surface area contributed by atoms with E-state index in [9.17, 15) is 0 Å². The molecule has 3 aliphatic rings. The van der Waals surface area contributed by atoms with Gasteiger partial charge in [-0.1, -0.05) is 6.58 Å². The molecule has 3 aliphatic heterocycles. The maximum atomic E-state index is 6.01. The minimum Gasteiger partial charge on any atom is -0.376 e. The molecule has 0 aromatic carbocycles. The predicted molar refractivity (Wildman–Crippen MR) is 73.5 cm³/mol. The molecule has 2 unspecified atom stereocenters. The van der Waals surface area contributed by atoms with Gasteiger partial charge in [-0.2, -0.15) is 0 Å². The molecule has 6 nitrogen and oxygen atoms in total. The van der Waals surface area contributed by atoms with E-state index in [0.29, 0.717) is 6.61 Å². The van der Waals surface area contributed by atoms with E-state index in [2.05, 4.69) is 6.58 Å². The van der Waals surface area contributed by atoms with Gasteiger partial charge in [0.25, 0.3) is 0 Å². The molecular weight excluding hydrogens is 276 g/mol. The molecule has 3 fully saturated rings. The van der Waals surface area contributed by atoms with Gasteiger partial charge in [0.15, 0.2) is 17.9 Å². The first-order chi connectivity index (χ1) is 9.72. The second-order valence-corrected chi connectivity index (χ2v) is 6.65. The molecule has 0 saturated carbocycles. The summed E-state index contributed by atoms with van der Waals surface area (Å²) in [6.45, 7) is 12.0. The fraction of sp³-hybridized carbons (Fsp3) is 0.867. The van der Waals surface area contributed by atoms with Crippen LogP contribution in [0.5, 0.6) is 0 Å². The van der Waals surface area contributed by atoms with Crippen LogP contribution in [0.15, 0.2) is 12.2 Å². The Kier molecular flexibility index (Phi) is 3.67. The molecule has 3 rings (SSSR count). The second-order valence-electron chi connectivity index (χ2n) is 6.65. The Labute approximate surface area is 125 Å². The van der Waals surface area contributed by atoms with Gasteiger partial charge >= 0.3 is 0 Å². The first-order valence-corrected chi connectivity index (χ1v) is 7.26. The largest absolute Gasteiger partial charge is 0.376 e. The van der Waals surface area contributed by atoms with E-state index in [1.165, 1.54) is 0 Å². The van der Waals surface area contributed by atoms with Gasteiger partial charge < -0.3 is 28.4 Å². The Morgan fingerprint density at radius 2 is 1.76 bits per heavy atom. The molecule has 21 heavy (non-hydrogen) atoms. The molecular formula is C15H24O6. The van der Waals surface area contributed by atoms with Crippen LogP contribution in [0.1, 0.15) is 27.7 Å². The van der Waals surface area contributed by atoms with Gasteiger partial charge in [-0.05, 0) is 33.3 Å². The molecule has 0 aromatic heterocycles.